The third-order valence-electron chi connectivity index (χ3n) is 4.28. The molecule has 0 bridgehead atoms. The first-order chi connectivity index (χ1) is 13.0. The number of amides is 1. The summed E-state index contributed by atoms with van der Waals surface area (Å²) in [6.07, 6.45) is 0. The topological polar surface area (TPSA) is 72.7 Å². The third-order valence-corrected chi connectivity index (χ3v) is 5.79. The van der Waals surface area contributed by atoms with Crippen LogP contribution in [-0.4, -0.2) is 31.4 Å². The smallest absolute Gasteiger partial charge is 0.234 e. The van der Waals surface area contributed by atoms with E-state index in [1.807, 2.05) is 61.0 Å². The second-order valence-corrected chi connectivity index (χ2v) is 8.33. The van der Waals surface area contributed by atoms with Gasteiger partial charge in [-0.15, -0.1) is 10.2 Å². The highest BCUT2D eigenvalue weighted by Gasteiger charge is 2.13. The van der Waals surface area contributed by atoms with E-state index >= 15 is 0 Å². The van der Waals surface area contributed by atoms with Crippen LogP contribution in [0.2, 0.25) is 0 Å². The molecule has 0 radical (unpaired) electrons. The molecular weight excluding hydrogens is 473 g/mol. The van der Waals surface area contributed by atoms with E-state index in [0.29, 0.717) is 5.16 Å². The highest BCUT2D eigenvalue weighted by atomic mass is 127. The van der Waals surface area contributed by atoms with Crippen molar-refractivity contribution in [2.45, 2.75) is 12.1 Å². The summed E-state index contributed by atoms with van der Waals surface area (Å²) in [5, 5.41) is 13.0. The Hall–Kier alpha value is -2.20. The Morgan fingerprint density at radius 1 is 1.22 bits per heavy atom. The SMILES string of the molecule is Cc1cc(I)ccc1NC(=O)CSc1nnc2c3ccccc3n(C)c2n1. The number of thioether (sulfide) groups is 1. The van der Waals surface area contributed by atoms with Crippen LogP contribution in [0.3, 0.4) is 0 Å². The molecule has 0 fully saturated rings. The number of hydrogen-bond acceptors (Lipinski definition) is 5. The van der Waals surface area contributed by atoms with Crippen molar-refractivity contribution < 1.29 is 4.79 Å². The molecule has 0 aliphatic heterocycles. The van der Waals surface area contributed by atoms with Gasteiger partial charge in [-0.05, 0) is 59.3 Å². The standard InChI is InChI=1S/C19H16IN5OS/c1-11-9-12(20)7-8-14(11)21-16(26)10-27-19-22-18-17(23-24-19)13-5-3-4-6-15(13)25(18)2/h3-9H,10H2,1-2H3,(H,21,26). The molecule has 0 aliphatic carbocycles. The lowest BCUT2D eigenvalue weighted by Gasteiger charge is -2.08. The van der Waals surface area contributed by atoms with Gasteiger partial charge >= 0.3 is 0 Å². The highest BCUT2D eigenvalue weighted by molar-refractivity contribution is 14.1. The van der Waals surface area contributed by atoms with Crippen molar-refractivity contribution in [1.82, 2.24) is 19.7 Å². The number of aromatic nitrogens is 4. The number of fused-ring (bicyclic) bond motifs is 3. The summed E-state index contributed by atoms with van der Waals surface area (Å²) >= 11 is 3.53. The number of nitrogens with zero attached hydrogens (tertiary/aromatic N) is 4. The fourth-order valence-corrected chi connectivity index (χ4v) is 4.17. The van der Waals surface area contributed by atoms with Crippen LogP contribution in [0.1, 0.15) is 5.56 Å². The summed E-state index contributed by atoms with van der Waals surface area (Å²) in [6, 6.07) is 13.9. The molecule has 1 N–H and O–H groups in total. The molecule has 2 aromatic heterocycles. The van der Waals surface area contributed by atoms with Gasteiger partial charge < -0.3 is 9.88 Å². The van der Waals surface area contributed by atoms with E-state index in [1.54, 1.807) is 0 Å². The maximum Gasteiger partial charge on any atom is 0.234 e. The van der Waals surface area contributed by atoms with E-state index in [4.69, 9.17) is 0 Å². The first-order valence-corrected chi connectivity index (χ1v) is 10.4. The van der Waals surface area contributed by atoms with Gasteiger partial charge in [-0.2, -0.15) is 0 Å². The molecule has 6 nitrogen and oxygen atoms in total. The van der Waals surface area contributed by atoms with Crippen LogP contribution < -0.4 is 5.32 Å². The molecule has 0 unspecified atom stereocenters. The predicted molar refractivity (Wildman–Crippen MR) is 117 cm³/mol. The van der Waals surface area contributed by atoms with Gasteiger partial charge in [0.05, 0.1) is 11.3 Å². The van der Waals surface area contributed by atoms with Crippen LogP contribution >= 0.6 is 34.4 Å². The Labute approximate surface area is 173 Å². The monoisotopic (exact) mass is 489 g/mol. The molecule has 0 atom stereocenters. The van der Waals surface area contributed by atoms with Crippen molar-refractivity contribution in [2.75, 3.05) is 11.1 Å². The molecule has 0 spiro atoms. The van der Waals surface area contributed by atoms with Crippen molar-refractivity contribution >= 4 is 68.0 Å². The van der Waals surface area contributed by atoms with E-state index in [-0.39, 0.29) is 11.7 Å². The number of hydrogen-bond donors (Lipinski definition) is 1. The van der Waals surface area contributed by atoms with Gasteiger partial charge in [0.1, 0.15) is 5.52 Å². The molecule has 0 aliphatic rings. The lowest BCUT2D eigenvalue weighted by molar-refractivity contribution is -0.113. The lowest BCUT2D eigenvalue weighted by atomic mass is 10.2. The number of para-hydroxylation sites is 1. The van der Waals surface area contributed by atoms with Crippen LogP contribution in [-0.2, 0) is 11.8 Å². The zero-order valence-electron chi connectivity index (χ0n) is 14.7. The first kappa shape index (κ1) is 18.2. The van der Waals surface area contributed by atoms with E-state index in [1.165, 1.54) is 11.8 Å². The normalized spacial score (nSPS) is 11.2. The lowest BCUT2D eigenvalue weighted by Crippen LogP contribution is -2.15. The van der Waals surface area contributed by atoms with Crippen molar-refractivity contribution in [1.29, 1.82) is 0 Å². The number of nitrogens with one attached hydrogen (secondary N) is 1. The van der Waals surface area contributed by atoms with Gasteiger partial charge in [0.2, 0.25) is 11.1 Å². The third kappa shape index (κ3) is 3.63. The molecular formula is C19H16IN5OS. The number of benzene rings is 2. The average Bonchev–Trinajstić information content (AvgIpc) is 2.95. The molecule has 136 valence electrons. The summed E-state index contributed by atoms with van der Waals surface area (Å²) in [5.74, 6) is 0.132. The van der Waals surface area contributed by atoms with Crippen molar-refractivity contribution in [3.05, 3.63) is 51.6 Å². The second kappa shape index (κ2) is 7.43. The molecule has 4 aromatic rings. The van der Waals surface area contributed by atoms with E-state index < -0.39 is 0 Å². The highest BCUT2D eigenvalue weighted by Crippen LogP contribution is 2.26. The molecule has 4 rings (SSSR count). The molecule has 27 heavy (non-hydrogen) atoms. The summed E-state index contributed by atoms with van der Waals surface area (Å²) in [5.41, 5.74) is 4.46. The van der Waals surface area contributed by atoms with Gasteiger partial charge in [-0.1, -0.05) is 30.0 Å². The number of aryl methyl sites for hydroxylation is 2. The van der Waals surface area contributed by atoms with Gasteiger partial charge in [0.25, 0.3) is 0 Å². The summed E-state index contributed by atoms with van der Waals surface area (Å²) in [4.78, 5) is 16.9. The number of carbonyl (C=O) groups excluding carboxylic acids is 1. The fraction of sp³-hybridized carbons (Fsp3) is 0.158. The minimum Gasteiger partial charge on any atom is -0.327 e. The Kier molecular flexibility index (Phi) is 5.00. The van der Waals surface area contributed by atoms with Crippen molar-refractivity contribution in [3.8, 4) is 0 Å². The summed E-state index contributed by atoms with van der Waals surface area (Å²) in [6.45, 7) is 1.98. The Balaban J connectivity index is 1.51. The molecule has 2 aromatic carbocycles. The molecule has 8 heteroatoms. The Morgan fingerprint density at radius 2 is 2.04 bits per heavy atom. The number of anilines is 1. The fourth-order valence-electron chi connectivity index (χ4n) is 2.94. The van der Waals surface area contributed by atoms with E-state index in [2.05, 4.69) is 43.1 Å². The minimum absolute atomic E-state index is 0.0925. The Morgan fingerprint density at radius 3 is 2.85 bits per heavy atom. The largest absolute Gasteiger partial charge is 0.327 e. The van der Waals surface area contributed by atoms with Crippen molar-refractivity contribution in [3.63, 3.8) is 0 Å². The predicted octanol–water partition coefficient (Wildman–Crippen LogP) is 4.16. The summed E-state index contributed by atoms with van der Waals surface area (Å²) in [7, 11) is 1.96. The number of halogens is 1. The van der Waals surface area contributed by atoms with E-state index in [9.17, 15) is 4.79 Å². The maximum absolute atomic E-state index is 12.3. The van der Waals surface area contributed by atoms with Gasteiger partial charge in [0.15, 0.2) is 5.65 Å². The number of carbonyl (C=O) groups is 1. The van der Waals surface area contributed by atoms with Crippen LogP contribution in [0.5, 0.6) is 0 Å². The Bertz CT molecular complexity index is 1170. The van der Waals surface area contributed by atoms with Crippen molar-refractivity contribution in [2.24, 2.45) is 7.05 Å². The van der Waals surface area contributed by atoms with E-state index in [0.717, 1.165) is 36.9 Å². The van der Waals surface area contributed by atoms with Crippen LogP contribution in [0.25, 0.3) is 22.1 Å². The zero-order valence-corrected chi connectivity index (χ0v) is 17.7. The average molecular weight is 489 g/mol. The van der Waals surface area contributed by atoms with Crippen LogP contribution in [0.15, 0.2) is 47.6 Å². The summed E-state index contributed by atoms with van der Waals surface area (Å²) < 4.78 is 3.14. The molecule has 2 heterocycles. The zero-order chi connectivity index (χ0) is 19.0. The van der Waals surface area contributed by atoms with Crippen LogP contribution in [0, 0.1) is 10.5 Å². The molecule has 0 saturated carbocycles. The second-order valence-electron chi connectivity index (χ2n) is 6.14. The van der Waals surface area contributed by atoms with Gasteiger partial charge in [0, 0.05) is 21.7 Å². The van der Waals surface area contributed by atoms with Gasteiger partial charge in [-0.25, -0.2) is 4.98 Å². The van der Waals surface area contributed by atoms with Gasteiger partial charge in [-0.3, -0.25) is 4.79 Å². The maximum atomic E-state index is 12.3. The molecule has 1 amide bonds. The minimum atomic E-state index is -0.0925. The molecule has 0 saturated heterocycles. The first-order valence-electron chi connectivity index (χ1n) is 8.29. The number of rotatable bonds is 4. The van der Waals surface area contributed by atoms with Crippen LogP contribution in [0.4, 0.5) is 5.69 Å². The quantitative estimate of drug-likeness (QED) is 0.344.